The van der Waals surface area contributed by atoms with E-state index in [0.29, 0.717) is 44.2 Å². The molecule has 8 nitrogen and oxygen atoms in total. The van der Waals surface area contributed by atoms with Crippen LogP contribution in [0.5, 0.6) is 5.75 Å². The summed E-state index contributed by atoms with van der Waals surface area (Å²) < 4.78 is 20.1. The molecule has 2 amide bonds. The van der Waals surface area contributed by atoms with E-state index in [1.165, 1.54) is 12.1 Å². The normalized spacial score (nSPS) is 17.7. The van der Waals surface area contributed by atoms with Crippen LogP contribution in [-0.4, -0.2) is 51.3 Å². The average Bonchev–Trinajstić information content (AvgIpc) is 3.13. The number of halogens is 1. The van der Waals surface area contributed by atoms with Crippen LogP contribution >= 0.6 is 0 Å². The fourth-order valence-electron chi connectivity index (χ4n) is 5.50. The van der Waals surface area contributed by atoms with Gasteiger partial charge in [-0.1, -0.05) is 18.2 Å². The molecule has 6 rings (SSSR count). The number of ether oxygens (including phenoxy) is 1. The molecule has 2 aliphatic heterocycles. The van der Waals surface area contributed by atoms with Crippen LogP contribution in [0.4, 0.5) is 15.1 Å². The van der Waals surface area contributed by atoms with Gasteiger partial charge in [-0.15, -0.1) is 0 Å². The van der Waals surface area contributed by atoms with E-state index >= 15 is 0 Å². The number of nitrogen functional groups attached to an aromatic ring is 1. The van der Waals surface area contributed by atoms with Gasteiger partial charge in [0.25, 0.3) is 0 Å². The van der Waals surface area contributed by atoms with Gasteiger partial charge in [0.15, 0.2) is 5.95 Å². The van der Waals surface area contributed by atoms with Gasteiger partial charge in [-0.05, 0) is 65.6 Å². The first-order valence-corrected chi connectivity index (χ1v) is 12.7. The van der Waals surface area contributed by atoms with E-state index < -0.39 is 6.04 Å². The number of piperidine rings is 1. The largest absolute Gasteiger partial charge is 0.491 e. The number of urea groups is 1. The van der Waals surface area contributed by atoms with E-state index in [1.807, 2.05) is 25.1 Å². The SMILES string of the molecule is Cc1cc(-c2ccc3nc(N)[nH]c3c2)cc2c1OCCN(C(=O)N1CCC(=O)CC1c1cccc(F)c1)C2. The van der Waals surface area contributed by atoms with Gasteiger partial charge in [-0.25, -0.2) is 14.2 Å². The molecule has 0 aliphatic carbocycles. The molecule has 1 atom stereocenters. The number of rotatable bonds is 2. The van der Waals surface area contributed by atoms with Crippen molar-refractivity contribution in [2.24, 2.45) is 0 Å². The molecule has 3 N–H and O–H groups in total. The third-order valence-corrected chi connectivity index (χ3v) is 7.33. The van der Waals surface area contributed by atoms with Gasteiger partial charge >= 0.3 is 6.03 Å². The number of aromatic nitrogens is 2. The molecule has 2 aliphatic rings. The Bertz CT molecular complexity index is 1570. The Kier molecular flexibility index (Phi) is 5.98. The van der Waals surface area contributed by atoms with Gasteiger partial charge in [0, 0.05) is 24.9 Å². The van der Waals surface area contributed by atoms with E-state index in [-0.39, 0.29) is 24.1 Å². The van der Waals surface area contributed by atoms with E-state index in [9.17, 15) is 14.0 Å². The number of aryl methyl sites for hydroxylation is 1. The number of ketones is 1. The number of likely N-dealkylation sites (tertiary alicyclic amines) is 1. The van der Waals surface area contributed by atoms with Crippen LogP contribution in [0.3, 0.4) is 0 Å². The predicted molar refractivity (Wildman–Crippen MR) is 142 cm³/mol. The maximum Gasteiger partial charge on any atom is 0.320 e. The van der Waals surface area contributed by atoms with Crippen molar-refractivity contribution in [3.05, 3.63) is 77.1 Å². The van der Waals surface area contributed by atoms with Gasteiger partial charge < -0.3 is 25.3 Å². The van der Waals surface area contributed by atoms with Crippen LogP contribution in [0.15, 0.2) is 54.6 Å². The van der Waals surface area contributed by atoms with Crippen LogP contribution in [-0.2, 0) is 11.3 Å². The number of anilines is 1. The van der Waals surface area contributed by atoms with Gasteiger partial charge in [0.05, 0.1) is 30.2 Å². The zero-order chi connectivity index (χ0) is 26.4. The summed E-state index contributed by atoms with van der Waals surface area (Å²) in [5.41, 5.74) is 12.0. The number of nitrogens with zero attached hydrogens (tertiary/aromatic N) is 3. The number of benzene rings is 3. The Morgan fingerprint density at radius 3 is 2.84 bits per heavy atom. The fraction of sp³-hybridized carbons (Fsp3) is 0.276. The minimum atomic E-state index is -0.496. The average molecular weight is 514 g/mol. The molecule has 38 heavy (non-hydrogen) atoms. The van der Waals surface area contributed by atoms with Crippen LogP contribution in [0.1, 0.15) is 35.6 Å². The number of nitrogens with two attached hydrogens (primary N) is 1. The molecule has 3 aromatic carbocycles. The van der Waals surface area contributed by atoms with Gasteiger partial charge in [0.1, 0.15) is 24.0 Å². The fourth-order valence-corrected chi connectivity index (χ4v) is 5.50. The number of fused-ring (bicyclic) bond motifs is 2. The van der Waals surface area contributed by atoms with Crippen molar-refractivity contribution in [2.75, 3.05) is 25.4 Å². The lowest BCUT2D eigenvalue weighted by Gasteiger charge is -2.38. The Hall–Kier alpha value is -4.40. The zero-order valence-corrected chi connectivity index (χ0v) is 21.0. The van der Waals surface area contributed by atoms with E-state index in [4.69, 9.17) is 10.5 Å². The van der Waals surface area contributed by atoms with Crippen LogP contribution in [0.2, 0.25) is 0 Å². The van der Waals surface area contributed by atoms with Gasteiger partial charge in [0.2, 0.25) is 0 Å². The molecule has 0 bridgehead atoms. The predicted octanol–water partition coefficient (Wildman–Crippen LogP) is 4.98. The number of aromatic amines is 1. The topological polar surface area (TPSA) is 105 Å². The quantitative estimate of drug-likeness (QED) is 0.393. The van der Waals surface area contributed by atoms with E-state index in [2.05, 4.69) is 22.1 Å². The summed E-state index contributed by atoms with van der Waals surface area (Å²) in [6.07, 6.45) is 0.475. The molecule has 1 saturated heterocycles. The summed E-state index contributed by atoms with van der Waals surface area (Å²) in [6.45, 7) is 3.43. The van der Waals surface area contributed by atoms with Crippen molar-refractivity contribution in [2.45, 2.75) is 32.4 Å². The number of hydrogen-bond donors (Lipinski definition) is 2. The lowest BCUT2D eigenvalue weighted by Crippen LogP contribution is -2.48. The van der Waals surface area contributed by atoms with Crippen molar-refractivity contribution >= 4 is 28.8 Å². The molecule has 0 radical (unpaired) electrons. The molecular weight excluding hydrogens is 485 g/mol. The molecule has 1 aromatic heterocycles. The number of imidazole rings is 1. The minimum Gasteiger partial charge on any atom is -0.491 e. The highest BCUT2D eigenvalue weighted by molar-refractivity contribution is 5.85. The lowest BCUT2D eigenvalue weighted by atomic mass is 9.94. The molecule has 1 unspecified atom stereocenters. The summed E-state index contributed by atoms with van der Waals surface area (Å²) >= 11 is 0. The Morgan fingerprint density at radius 1 is 1.13 bits per heavy atom. The first-order valence-electron chi connectivity index (χ1n) is 12.7. The Labute approximate surface area is 219 Å². The third-order valence-electron chi connectivity index (χ3n) is 7.33. The van der Waals surface area contributed by atoms with Gasteiger partial charge in [-0.2, -0.15) is 0 Å². The highest BCUT2D eigenvalue weighted by Gasteiger charge is 2.35. The third kappa shape index (κ3) is 4.44. The molecule has 3 heterocycles. The van der Waals surface area contributed by atoms with E-state index in [0.717, 1.165) is 39.0 Å². The number of hydrogen-bond acceptors (Lipinski definition) is 5. The number of carbonyl (C=O) groups excluding carboxylic acids is 2. The summed E-state index contributed by atoms with van der Waals surface area (Å²) in [5, 5.41) is 0. The molecule has 194 valence electrons. The van der Waals surface area contributed by atoms with Crippen molar-refractivity contribution < 1.29 is 18.7 Å². The van der Waals surface area contributed by atoms with Crippen LogP contribution in [0.25, 0.3) is 22.2 Å². The number of nitrogens with one attached hydrogen (secondary N) is 1. The Balaban J connectivity index is 1.31. The first-order chi connectivity index (χ1) is 18.4. The first kappa shape index (κ1) is 24.0. The van der Waals surface area contributed by atoms with Crippen LogP contribution in [0, 0.1) is 12.7 Å². The maximum absolute atomic E-state index is 14.0. The summed E-state index contributed by atoms with van der Waals surface area (Å²) in [5.74, 6) is 0.841. The van der Waals surface area contributed by atoms with Crippen molar-refractivity contribution in [3.8, 4) is 16.9 Å². The second-order valence-corrected chi connectivity index (χ2v) is 9.94. The molecule has 1 fully saturated rings. The molecule has 0 saturated carbocycles. The van der Waals surface area contributed by atoms with Gasteiger partial charge in [-0.3, -0.25) is 4.79 Å². The van der Waals surface area contributed by atoms with Crippen LogP contribution < -0.4 is 10.5 Å². The molecular formula is C29H28FN5O3. The lowest BCUT2D eigenvalue weighted by molar-refractivity contribution is -0.122. The smallest absolute Gasteiger partial charge is 0.320 e. The summed E-state index contributed by atoms with van der Waals surface area (Å²) in [6, 6.07) is 15.5. The Morgan fingerprint density at radius 2 is 2.00 bits per heavy atom. The number of carbonyl (C=O) groups is 2. The second-order valence-electron chi connectivity index (χ2n) is 9.94. The molecule has 4 aromatic rings. The maximum atomic E-state index is 14.0. The summed E-state index contributed by atoms with van der Waals surface area (Å²) in [4.78, 5) is 37.0. The minimum absolute atomic E-state index is 0.0733. The number of Topliss-reactive ketones (excluding diaryl/α,β-unsaturated/α-hetero) is 1. The van der Waals surface area contributed by atoms with Crippen molar-refractivity contribution in [3.63, 3.8) is 0 Å². The standard InChI is InChI=1S/C29H28FN5O3/c1-17-11-20(18-5-6-24-25(14-18)33-28(31)32-24)12-21-16-34(9-10-38-27(17)21)29(37)35-8-7-23(36)15-26(35)19-3-2-4-22(30)13-19/h2-6,11-14,26H,7-10,15-16H2,1H3,(H3,31,32,33). The molecule has 0 spiro atoms. The number of H-pyrrole nitrogens is 1. The van der Waals surface area contributed by atoms with Crippen molar-refractivity contribution in [1.82, 2.24) is 19.8 Å². The second kappa shape index (κ2) is 9.48. The highest BCUT2D eigenvalue weighted by Crippen LogP contribution is 2.36. The highest BCUT2D eigenvalue weighted by atomic mass is 19.1. The number of amides is 2. The van der Waals surface area contributed by atoms with Crippen molar-refractivity contribution in [1.29, 1.82) is 0 Å². The molecule has 9 heteroatoms. The van der Waals surface area contributed by atoms with E-state index in [1.54, 1.807) is 21.9 Å². The zero-order valence-electron chi connectivity index (χ0n) is 21.0. The monoisotopic (exact) mass is 513 g/mol. The summed E-state index contributed by atoms with van der Waals surface area (Å²) in [7, 11) is 0.